The third-order valence-corrected chi connectivity index (χ3v) is 4.09. The zero-order valence-corrected chi connectivity index (χ0v) is 13.2. The number of likely N-dealkylation sites (tertiary alicyclic amines) is 1. The molecule has 2 amide bonds. The molecule has 114 valence electrons. The summed E-state index contributed by atoms with van der Waals surface area (Å²) in [4.78, 5) is 25.3. The van der Waals surface area contributed by atoms with Crippen molar-refractivity contribution in [3.8, 4) is 0 Å². The van der Waals surface area contributed by atoms with Gasteiger partial charge in [0.25, 0.3) is 5.91 Å². The molecular weight excluding hydrogens is 341 g/mol. The van der Waals surface area contributed by atoms with Crippen molar-refractivity contribution in [2.24, 2.45) is 0 Å². The number of halogens is 2. The van der Waals surface area contributed by atoms with Gasteiger partial charge in [-0.15, -0.1) is 0 Å². The van der Waals surface area contributed by atoms with Crippen LogP contribution in [0.1, 0.15) is 30.1 Å². The lowest BCUT2D eigenvalue weighted by Crippen LogP contribution is -2.49. The van der Waals surface area contributed by atoms with Gasteiger partial charge in [0.2, 0.25) is 5.91 Å². The first-order chi connectivity index (χ1) is 9.88. The van der Waals surface area contributed by atoms with Crippen LogP contribution < -0.4 is 11.1 Å². The standard InChI is InChI=1S/C14H17BrFN3O2/c1-8(20)18-9-3-2-4-19(7-9)14(21)10-5-13(17)12(16)6-11(10)15/h5-6,9H,2-4,7,17H2,1H3,(H,18,20). The molecule has 1 atom stereocenters. The van der Waals surface area contributed by atoms with Gasteiger partial charge in [-0.05, 0) is 40.9 Å². The van der Waals surface area contributed by atoms with Crippen molar-refractivity contribution >= 4 is 33.4 Å². The smallest absolute Gasteiger partial charge is 0.255 e. The maximum Gasteiger partial charge on any atom is 0.255 e. The van der Waals surface area contributed by atoms with Gasteiger partial charge >= 0.3 is 0 Å². The monoisotopic (exact) mass is 357 g/mol. The van der Waals surface area contributed by atoms with Crippen LogP contribution in [-0.4, -0.2) is 35.8 Å². The molecule has 0 spiro atoms. The van der Waals surface area contributed by atoms with E-state index in [2.05, 4.69) is 21.2 Å². The maximum absolute atomic E-state index is 13.3. The summed E-state index contributed by atoms with van der Waals surface area (Å²) in [6.45, 7) is 2.51. The number of amides is 2. The molecule has 1 fully saturated rings. The molecule has 1 aliphatic heterocycles. The summed E-state index contributed by atoms with van der Waals surface area (Å²) in [5, 5.41) is 2.82. The molecular formula is C14H17BrFN3O2. The molecule has 0 bridgehead atoms. The zero-order chi connectivity index (χ0) is 15.6. The van der Waals surface area contributed by atoms with E-state index < -0.39 is 5.82 Å². The Morgan fingerprint density at radius 1 is 1.48 bits per heavy atom. The molecule has 1 saturated heterocycles. The van der Waals surface area contributed by atoms with E-state index in [1.807, 2.05) is 0 Å². The van der Waals surface area contributed by atoms with Crippen LogP contribution in [0, 0.1) is 5.82 Å². The van der Waals surface area contributed by atoms with E-state index in [-0.39, 0.29) is 23.5 Å². The van der Waals surface area contributed by atoms with E-state index in [9.17, 15) is 14.0 Å². The van der Waals surface area contributed by atoms with Crippen LogP contribution in [0.4, 0.5) is 10.1 Å². The molecule has 2 rings (SSSR count). The van der Waals surface area contributed by atoms with Crippen LogP contribution in [0.3, 0.4) is 0 Å². The summed E-state index contributed by atoms with van der Waals surface area (Å²) in [7, 11) is 0. The minimum atomic E-state index is -0.562. The second kappa shape index (κ2) is 6.43. The Bertz CT molecular complexity index is 580. The minimum absolute atomic E-state index is 0.0447. The molecule has 3 N–H and O–H groups in total. The average Bonchev–Trinajstić information content (AvgIpc) is 2.41. The number of nitrogens with zero attached hydrogens (tertiary/aromatic N) is 1. The third kappa shape index (κ3) is 3.72. The topological polar surface area (TPSA) is 75.4 Å². The number of benzene rings is 1. The third-order valence-electron chi connectivity index (χ3n) is 3.43. The largest absolute Gasteiger partial charge is 0.396 e. The van der Waals surface area contributed by atoms with Gasteiger partial charge in [0.1, 0.15) is 5.82 Å². The van der Waals surface area contributed by atoms with Crippen LogP contribution in [0.2, 0.25) is 0 Å². The molecule has 1 aromatic carbocycles. The Morgan fingerprint density at radius 3 is 2.86 bits per heavy atom. The van der Waals surface area contributed by atoms with Crippen molar-refractivity contribution in [1.82, 2.24) is 10.2 Å². The molecule has 0 aromatic heterocycles. The molecule has 1 heterocycles. The van der Waals surface area contributed by atoms with Crippen LogP contribution >= 0.6 is 15.9 Å². The van der Waals surface area contributed by atoms with Gasteiger partial charge in [0.05, 0.1) is 11.3 Å². The van der Waals surface area contributed by atoms with Crippen molar-refractivity contribution in [3.63, 3.8) is 0 Å². The van der Waals surface area contributed by atoms with Gasteiger partial charge in [-0.2, -0.15) is 0 Å². The highest BCUT2D eigenvalue weighted by molar-refractivity contribution is 9.10. The van der Waals surface area contributed by atoms with Crippen LogP contribution in [0.15, 0.2) is 16.6 Å². The quantitative estimate of drug-likeness (QED) is 0.793. The van der Waals surface area contributed by atoms with E-state index in [4.69, 9.17) is 5.73 Å². The summed E-state index contributed by atoms with van der Waals surface area (Å²) in [5.74, 6) is -0.890. The highest BCUT2D eigenvalue weighted by Gasteiger charge is 2.26. The van der Waals surface area contributed by atoms with E-state index in [1.54, 1.807) is 4.90 Å². The molecule has 0 radical (unpaired) electrons. The summed E-state index contributed by atoms with van der Waals surface area (Å²) in [6.07, 6.45) is 1.65. The Labute approximate surface area is 130 Å². The van der Waals surface area contributed by atoms with Crippen LogP contribution in [0.25, 0.3) is 0 Å². The number of nitrogens with two attached hydrogens (primary N) is 1. The van der Waals surface area contributed by atoms with Gasteiger partial charge in [0.15, 0.2) is 0 Å². The minimum Gasteiger partial charge on any atom is -0.396 e. The Kier molecular flexibility index (Phi) is 4.82. The molecule has 1 aromatic rings. The predicted octanol–water partition coefficient (Wildman–Crippen LogP) is 1.91. The van der Waals surface area contributed by atoms with Crippen LogP contribution in [-0.2, 0) is 4.79 Å². The Balaban J connectivity index is 2.16. The first-order valence-electron chi connectivity index (χ1n) is 6.69. The molecule has 5 nitrogen and oxygen atoms in total. The lowest BCUT2D eigenvalue weighted by atomic mass is 10.0. The van der Waals surface area contributed by atoms with Gasteiger partial charge < -0.3 is 16.0 Å². The molecule has 1 aliphatic rings. The molecule has 7 heteroatoms. The predicted molar refractivity (Wildman–Crippen MR) is 81.3 cm³/mol. The normalized spacial score (nSPS) is 18.4. The lowest BCUT2D eigenvalue weighted by molar-refractivity contribution is -0.120. The van der Waals surface area contributed by atoms with Gasteiger partial charge in [-0.25, -0.2) is 4.39 Å². The SMILES string of the molecule is CC(=O)NC1CCCN(C(=O)c2cc(N)c(F)cc2Br)C1. The number of carbonyl (C=O) groups excluding carboxylic acids is 2. The fourth-order valence-corrected chi connectivity index (χ4v) is 2.95. The maximum atomic E-state index is 13.3. The number of anilines is 1. The summed E-state index contributed by atoms with van der Waals surface area (Å²) < 4.78 is 13.7. The van der Waals surface area contributed by atoms with Gasteiger partial charge in [-0.3, -0.25) is 9.59 Å². The number of hydrogen-bond donors (Lipinski definition) is 2. The number of hydrogen-bond acceptors (Lipinski definition) is 3. The van der Waals surface area contributed by atoms with Gasteiger partial charge in [-0.1, -0.05) is 0 Å². The zero-order valence-electron chi connectivity index (χ0n) is 11.7. The first-order valence-corrected chi connectivity index (χ1v) is 7.48. The summed E-state index contributed by atoms with van der Waals surface area (Å²) >= 11 is 3.19. The molecule has 21 heavy (non-hydrogen) atoms. The number of nitrogen functional groups attached to an aromatic ring is 1. The van der Waals surface area contributed by atoms with Crippen molar-refractivity contribution in [3.05, 3.63) is 28.0 Å². The second-order valence-electron chi connectivity index (χ2n) is 5.14. The summed E-state index contributed by atoms with van der Waals surface area (Å²) in [5.41, 5.74) is 5.80. The average molecular weight is 358 g/mol. The van der Waals surface area contributed by atoms with Gasteiger partial charge in [0, 0.05) is 30.5 Å². The highest BCUT2D eigenvalue weighted by Crippen LogP contribution is 2.25. The number of nitrogens with one attached hydrogen (secondary N) is 1. The van der Waals surface area contributed by atoms with Crippen molar-refractivity contribution in [1.29, 1.82) is 0 Å². The first kappa shape index (κ1) is 15.8. The molecule has 0 aliphatic carbocycles. The summed E-state index contributed by atoms with van der Waals surface area (Å²) in [6, 6.07) is 2.48. The van der Waals surface area contributed by atoms with E-state index in [0.29, 0.717) is 23.1 Å². The Hall–Kier alpha value is -1.63. The molecule has 1 unspecified atom stereocenters. The number of rotatable bonds is 2. The second-order valence-corrected chi connectivity index (χ2v) is 6.00. The number of carbonyl (C=O) groups is 2. The fraction of sp³-hybridized carbons (Fsp3) is 0.429. The van der Waals surface area contributed by atoms with E-state index >= 15 is 0 Å². The van der Waals surface area contributed by atoms with E-state index in [1.165, 1.54) is 19.1 Å². The van der Waals surface area contributed by atoms with E-state index in [0.717, 1.165) is 12.8 Å². The molecule has 0 saturated carbocycles. The Morgan fingerprint density at radius 2 is 2.19 bits per heavy atom. The van der Waals surface area contributed by atoms with Crippen molar-refractivity contribution in [2.75, 3.05) is 18.8 Å². The van der Waals surface area contributed by atoms with Crippen LogP contribution in [0.5, 0.6) is 0 Å². The lowest BCUT2D eigenvalue weighted by Gasteiger charge is -2.33. The van der Waals surface area contributed by atoms with Crippen molar-refractivity contribution < 1.29 is 14.0 Å². The fourth-order valence-electron chi connectivity index (χ4n) is 2.47. The highest BCUT2D eigenvalue weighted by atomic mass is 79.9. The van der Waals surface area contributed by atoms with Crippen molar-refractivity contribution in [2.45, 2.75) is 25.8 Å². The number of piperidine rings is 1.